The molecule has 2 amide bonds. The smallest absolute Gasteiger partial charge is 0.323 e. The molecule has 3 heterocycles. The van der Waals surface area contributed by atoms with Gasteiger partial charge < -0.3 is 10.0 Å². The first-order chi connectivity index (χ1) is 9.20. The number of amides is 2. The van der Waals surface area contributed by atoms with Gasteiger partial charge in [0.25, 0.3) is 0 Å². The molecule has 0 aromatic carbocycles. The van der Waals surface area contributed by atoms with E-state index in [4.69, 9.17) is 0 Å². The molecule has 4 fully saturated rings. The number of piperidine rings is 2. The Kier molecular flexibility index (Phi) is 2.53. The topological polar surface area (TPSA) is 78.4 Å². The Morgan fingerprint density at radius 2 is 2.11 bits per heavy atom. The van der Waals surface area contributed by atoms with E-state index in [1.165, 1.54) is 11.5 Å². The van der Waals surface area contributed by atoms with Crippen molar-refractivity contribution in [2.75, 3.05) is 18.4 Å². The van der Waals surface area contributed by atoms with Gasteiger partial charge in [-0.25, -0.2) is 9.78 Å². The first kappa shape index (κ1) is 11.6. The maximum atomic E-state index is 12.1. The van der Waals surface area contributed by atoms with Crippen LogP contribution in [0.2, 0.25) is 0 Å². The van der Waals surface area contributed by atoms with Crippen molar-refractivity contribution in [3.63, 3.8) is 0 Å². The number of carbonyl (C=O) groups is 1. The van der Waals surface area contributed by atoms with Crippen molar-refractivity contribution in [3.05, 3.63) is 5.82 Å². The lowest BCUT2D eigenvalue weighted by atomic mass is 9.68. The number of fused-ring (bicyclic) bond motifs is 2. The quantitative estimate of drug-likeness (QED) is 0.855. The van der Waals surface area contributed by atoms with E-state index in [9.17, 15) is 9.90 Å². The van der Waals surface area contributed by atoms with Crippen molar-refractivity contribution in [3.8, 4) is 0 Å². The van der Waals surface area contributed by atoms with E-state index in [2.05, 4.69) is 14.7 Å². The lowest BCUT2D eigenvalue weighted by molar-refractivity contribution is -0.0937. The molecule has 6 nitrogen and oxygen atoms in total. The monoisotopic (exact) mass is 280 g/mol. The van der Waals surface area contributed by atoms with Gasteiger partial charge in [-0.15, -0.1) is 0 Å². The predicted octanol–water partition coefficient (Wildman–Crippen LogP) is 1.26. The highest BCUT2D eigenvalue weighted by Gasteiger charge is 2.47. The fourth-order valence-electron chi connectivity index (χ4n) is 2.99. The van der Waals surface area contributed by atoms with Crippen LogP contribution in [0.15, 0.2) is 0 Å². The van der Waals surface area contributed by atoms with E-state index in [-0.39, 0.29) is 24.0 Å². The van der Waals surface area contributed by atoms with Crippen LogP contribution in [0.1, 0.15) is 31.0 Å². The summed E-state index contributed by atoms with van der Waals surface area (Å²) >= 11 is 1.25. The van der Waals surface area contributed by atoms with E-state index >= 15 is 0 Å². The molecule has 2 aliphatic carbocycles. The summed E-state index contributed by atoms with van der Waals surface area (Å²) in [6, 6.07) is -0.111. The van der Waals surface area contributed by atoms with E-state index in [0.717, 1.165) is 25.1 Å². The van der Waals surface area contributed by atoms with Crippen LogP contribution < -0.4 is 5.32 Å². The molecule has 2 unspecified atom stereocenters. The molecule has 2 bridgehead atoms. The molecular formula is C12H16N4O2S. The molecule has 2 atom stereocenters. The van der Waals surface area contributed by atoms with Gasteiger partial charge in [-0.3, -0.25) is 5.32 Å². The molecule has 0 radical (unpaired) electrons. The molecule has 5 rings (SSSR count). The van der Waals surface area contributed by atoms with Gasteiger partial charge in [0, 0.05) is 42.4 Å². The van der Waals surface area contributed by atoms with Crippen molar-refractivity contribution in [2.45, 2.75) is 31.3 Å². The largest absolute Gasteiger partial charge is 0.392 e. The fraction of sp³-hybridized carbons (Fsp3) is 0.750. The van der Waals surface area contributed by atoms with Gasteiger partial charge in [-0.2, -0.15) is 4.37 Å². The van der Waals surface area contributed by atoms with Crippen LogP contribution in [-0.2, 0) is 0 Å². The number of hydrogen-bond acceptors (Lipinski definition) is 5. The molecule has 102 valence electrons. The van der Waals surface area contributed by atoms with E-state index in [0.29, 0.717) is 24.1 Å². The molecule has 2 saturated heterocycles. The van der Waals surface area contributed by atoms with Crippen LogP contribution >= 0.6 is 11.5 Å². The molecule has 19 heavy (non-hydrogen) atoms. The summed E-state index contributed by atoms with van der Waals surface area (Å²) in [6.45, 7) is 1.30. The molecule has 2 N–H and O–H groups in total. The van der Waals surface area contributed by atoms with Crippen LogP contribution in [0.5, 0.6) is 0 Å². The zero-order valence-corrected chi connectivity index (χ0v) is 11.3. The normalized spacial score (nSPS) is 32.9. The number of carbonyl (C=O) groups excluding carboxylic acids is 1. The minimum atomic E-state index is -0.202. The fourth-order valence-corrected chi connectivity index (χ4v) is 3.63. The Morgan fingerprint density at radius 1 is 1.37 bits per heavy atom. The number of nitrogens with zero attached hydrogens (tertiary/aromatic N) is 3. The lowest BCUT2D eigenvalue weighted by Crippen LogP contribution is -2.60. The SMILES string of the molecule is O=C(Nc1nc(C2CC2)ns1)N1CC2CC(C1)C2O. The van der Waals surface area contributed by atoms with Gasteiger partial charge in [0.05, 0.1) is 6.10 Å². The number of urea groups is 1. The van der Waals surface area contributed by atoms with Crippen LogP contribution in [0.4, 0.5) is 9.93 Å². The third kappa shape index (κ3) is 2.01. The minimum absolute atomic E-state index is 0.111. The number of aliphatic hydroxyl groups is 1. The molecule has 2 aliphatic heterocycles. The number of anilines is 1. The summed E-state index contributed by atoms with van der Waals surface area (Å²) in [5.41, 5.74) is 0. The molecule has 1 aromatic heterocycles. The third-order valence-electron chi connectivity index (χ3n) is 4.37. The van der Waals surface area contributed by atoms with Gasteiger partial charge in [0.2, 0.25) is 5.13 Å². The van der Waals surface area contributed by atoms with Gasteiger partial charge >= 0.3 is 6.03 Å². The Balaban J connectivity index is 1.38. The van der Waals surface area contributed by atoms with Gasteiger partial charge in [0.15, 0.2) is 0 Å². The maximum Gasteiger partial charge on any atom is 0.323 e. The number of nitrogens with one attached hydrogen (secondary N) is 1. The minimum Gasteiger partial charge on any atom is -0.392 e. The zero-order chi connectivity index (χ0) is 13.0. The van der Waals surface area contributed by atoms with Gasteiger partial charge in [-0.05, 0) is 19.3 Å². The maximum absolute atomic E-state index is 12.1. The number of aliphatic hydroxyl groups excluding tert-OH is 1. The zero-order valence-electron chi connectivity index (χ0n) is 10.5. The second-order valence-electron chi connectivity index (χ2n) is 5.81. The summed E-state index contributed by atoms with van der Waals surface area (Å²) in [6.07, 6.45) is 3.18. The molecule has 1 aromatic rings. The molecule has 2 saturated carbocycles. The number of hydrogen-bond donors (Lipinski definition) is 2. The highest BCUT2D eigenvalue weighted by molar-refractivity contribution is 7.09. The summed E-state index contributed by atoms with van der Waals surface area (Å²) in [7, 11) is 0. The van der Waals surface area contributed by atoms with E-state index < -0.39 is 0 Å². The Bertz CT molecular complexity index is 504. The second-order valence-corrected chi connectivity index (χ2v) is 6.57. The highest BCUT2D eigenvalue weighted by Crippen LogP contribution is 2.41. The number of rotatable bonds is 2. The van der Waals surface area contributed by atoms with E-state index in [1.54, 1.807) is 4.90 Å². The van der Waals surface area contributed by atoms with Crippen LogP contribution in [-0.4, -0.2) is 44.6 Å². The van der Waals surface area contributed by atoms with Crippen molar-refractivity contribution in [2.24, 2.45) is 11.8 Å². The van der Waals surface area contributed by atoms with Crippen molar-refractivity contribution < 1.29 is 9.90 Å². The van der Waals surface area contributed by atoms with Crippen molar-refractivity contribution in [1.29, 1.82) is 0 Å². The number of aromatic nitrogens is 2. The molecular weight excluding hydrogens is 264 g/mol. The van der Waals surface area contributed by atoms with Crippen molar-refractivity contribution in [1.82, 2.24) is 14.3 Å². The van der Waals surface area contributed by atoms with Crippen LogP contribution in [0.25, 0.3) is 0 Å². The average molecular weight is 280 g/mol. The molecule has 4 aliphatic rings. The van der Waals surface area contributed by atoms with Crippen LogP contribution in [0.3, 0.4) is 0 Å². The Hall–Kier alpha value is -1.21. The molecule has 0 spiro atoms. The predicted molar refractivity (Wildman–Crippen MR) is 70.1 cm³/mol. The average Bonchev–Trinajstić information content (AvgIpc) is 3.19. The second kappa shape index (κ2) is 4.14. The van der Waals surface area contributed by atoms with Gasteiger partial charge in [0.1, 0.15) is 5.82 Å². The van der Waals surface area contributed by atoms with Crippen molar-refractivity contribution >= 4 is 22.7 Å². The lowest BCUT2D eigenvalue weighted by Gasteiger charge is -2.50. The van der Waals surface area contributed by atoms with E-state index in [1.807, 2.05) is 0 Å². The van der Waals surface area contributed by atoms with Gasteiger partial charge in [-0.1, -0.05) is 0 Å². The first-order valence-corrected chi connectivity index (χ1v) is 7.55. The summed E-state index contributed by atoms with van der Waals surface area (Å²) in [5.74, 6) is 1.92. The standard InChI is InChI=1S/C12H16N4O2S/c17-9-7-3-8(9)5-16(4-7)12(18)14-11-13-10(15-19-11)6-1-2-6/h6-9,17H,1-5H2,(H,13,14,15,18). The van der Waals surface area contributed by atoms with Crippen LogP contribution in [0, 0.1) is 11.8 Å². The molecule has 7 heteroatoms. The first-order valence-electron chi connectivity index (χ1n) is 6.78. The third-order valence-corrected chi connectivity index (χ3v) is 5.01. The summed E-state index contributed by atoms with van der Waals surface area (Å²) < 4.78 is 4.27. The Labute approximate surface area is 115 Å². The summed E-state index contributed by atoms with van der Waals surface area (Å²) in [5, 5.41) is 13.1. The Morgan fingerprint density at radius 3 is 2.74 bits per heavy atom. The highest BCUT2D eigenvalue weighted by atomic mass is 32.1. The summed E-state index contributed by atoms with van der Waals surface area (Å²) in [4.78, 5) is 18.2.